The molecule has 0 bridgehead atoms. The van der Waals surface area contributed by atoms with Crippen LogP contribution in [0, 0.1) is 15.9 Å². The summed E-state index contributed by atoms with van der Waals surface area (Å²) in [5, 5.41) is 14.3. The minimum absolute atomic E-state index is 0.0230. The van der Waals surface area contributed by atoms with Crippen LogP contribution in [0.15, 0.2) is 18.2 Å². The third kappa shape index (κ3) is 2.46. The molecule has 0 amide bonds. The summed E-state index contributed by atoms with van der Waals surface area (Å²) in [4.78, 5) is 14.9. The summed E-state index contributed by atoms with van der Waals surface area (Å²) in [6, 6.07) is 4.23. The van der Waals surface area contributed by atoms with Crippen LogP contribution in [-0.2, 0) is 0 Å². The third-order valence-electron chi connectivity index (χ3n) is 4.07. The average molecular weight is 280 g/mol. The Balaban J connectivity index is 1.73. The van der Waals surface area contributed by atoms with Gasteiger partial charge in [0.15, 0.2) is 0 Å². The second-order valence-corrected chi connectivity index (χ2v) is 5.23. The third-order valence-corrected chi connectivity index (χ3v) is 4.07. The number of anilines is 1. The summed E-state index contributed by atoms with van der Waals surface area (Å²) >= 11 is 0. The molecule has 0 atom stereocenters. The van der Waals surface area contributed by atoms with Crippen LogP contribution in [0.4, 0.5) is 15.8 Å². The lowest BCUT2D eigenvalue weighted by Gasteiger charge is -2.43. The van der Waals surface area contributed by atoms with Crippen molar-refractivity contribution in [1.29, 1.82) is 0 Å². The number of nitro benzene ring substituents is 1. The second-order valence-electron chi connectivity index (χ2n) is 5.23. The molecule has 2 heterocycles. The van der Waals surface area contributed by atoms with E-state index in [2.05, 4.69) is 10.2 Å². The Hall–Kier alpha value is -1.73. The number of nitro groups is 1. The predicted octanol–water partition coefficient (Wildman–Crippen LogP) is 0.828. The molecule has 0 radical (unpaired) electrons. The van der Waals surface area contributed by atoms with Crippen molar-refractivity contribution in [2.75, 3.05) is 44.2 Å². The number of hydrogen-bond donors (Lipinski definition) is 1. The van der Waals surface area contributed by atoms with E-state index in [0.717, 1.165) is 32.2 Å². The number of piperazine rings is 1. The molecular weight excluding hydrogens is 263 g/mol. The quantitative estimate of drug-likeness (QED) is 0.656. The Morgan fingerprint density at radius 3 is 2.50 bits per heavy atom. The Morgan fingerprint density at radius 1 is 1.25 bits per heavy atom. The molecule has 6 nitrogen and oxygen atoms in total. The lowest BCUT2D eigenvalue weighted by atomic mass is 10.1. The predicted molar refractivity (Wildman–Crippen MR) is 73.5 cm³/mol. The van der Waals surface area contributed by atoms with Crippen LogP contribution >= 0.6 is 0 Å². The van der Waals surface area contributed by atoms with E-state index in [1.54, 1.807) is 0 Å². The topological polar surface area (TPSA) is 61.7 Å². The van der Waals surface area contributed by atoms with Crippen LogP contribution in [0.25, 0.3) is 0 Å². The lowest BCUT2D eigenvalue weighted by Crippen LogP contribution is -2.61. The molecule has 2 aliphatic heterocycles. The van der Waals surface area contributed by atoms with Gasteiger partial charge in [-0.05, 0) is 6.07 Å². The van der Waals surface area contributed by atoms with Crippen molar-refractivity contribution in [3.63, 3.8) is 0 Å². The van der Waals surface area contributed by atoms with E-state index in [9.17, 15) is 14.5 Å². The highest BCUT2D eigenvalue weighted by Gasteiger charge is 2.29. The first kappa shape index (κ1) is 13.3. The molecule has 7 heteroatoms. The van der Waals surface area contributed by atoms with E-state index >= 15 is 0 Å². The molecule has 2 fully saturated rings. The fraction of sp³-hybridized carbons (Fsp3) is 0.538. The number of benzene rings is 1. The Bertz CT molecular complexity index is 513. The lowest BCUT2D eigenvalue weighted by molar-refractivity contribution is -0.384. The number of rotatable bonds is 3. The van der Waals surface area contributed by atoms with E-state index in [1.807, 2.05) is 4.90 Å². The SMILES string of the molecule is O=[N+]([O-])c1ccc(F)cc1N1CCN(C2CNC2)CC1. The van der Waals surface area contributed by atoms with Crippen molar-refractivity contribution in [3.05, 3.63) is 34.1 Å². The van der Waals surface area contributed by atoms with Gasteiger partial charge in [0, 0.05) is 57.4 Å². The molecule has 0 aliphatic carbocycles. The minimum atomic E-state index is -0.447. The van der Waals surface area contributed by atoms with Gasteiger partial charge < -0.3 is 10.2 Å². The van der Waals surface area contributed by atoms with Gasteiger partial charge in [0.2, 0.25) is 0 Å². The summed E-state index contributed by atoms with van der Waals surface area (Å²) < 4.78 is 13.4. The smallest absolute Gasteiger partial charge is 0.292 e. The van der Waals surface area contributed by atoms with Gasteiger partial charge in [-0.15, -0.1) is 0 Å². The van der Waals surface area contributed by atoms with Crippen LogP contribution in [0.3, 0.4) is 0 Å². The molecule has 0 unspecified atom stereocenters. The molecule has 0 spiro atoms. The average Bonchev–Trinajstić information content (AvgIpc) is 2.37. The van der Waals surface area contributed by atoms with Gasteiger partial charge in [-0.3, -0.25) is 15.0 Å². The fourth-order valence-electron chi connectivity index (χ4n) is 2.76. The Kier molecular flexibility index (Phi) is 3.54. The van der Waals surface area contributed by atoms with Gasteiger partial charge in [-0.1, -0.05) is 0 Å². The number of hydrogen-bond acceptors (Lipinski definition) is 5. The standard InChI is InChI=1S/C13H17FN4O2/c14-10-1-2-12(18(19)20)13(7-10)17-5-3-16(4-6-17)11-8-15-9-11/h1-2,7,11,15H,3-6,8-9H2. The monoisotopic (exact) mass is 280 g/mol. The second kappa shape index (κ2) is 5.34. The van der Waals surface area contributed by atoms with Crippen LogP contribution in [0.5, 0.6) is 0 Å². The highest BCUT2D eigenvalue weighted by Crippen LogP contribution is 2.29. The minimum Gasteiger partial charge on any atom is -0.363 e. The van der Waals surface area contributed by atoms with Crippen molar-refractivity contribution in [2.24, 2.45) is 0 Å². The van der Waals surface area contributed by atoms with E-state index in [-0.39, 0.29) is 5.69 Å². The van der Waals surface area contributed by atoms with Crippen molar-refractivity contribution in [1.82, 2.24) is 10.2 Å². The van der Waals surface area contributed by atoms with Gasteiger partial charge in [-0.2, -0.15) is 0 Å². The van der Waals surface area contributed by atoms with Crippen molar-refractivity contribution >= 4 is 11.4 Å². The molecule has 1 aromatic carbocycles. The van der Waals surface area contributed by atoms with Crippen LogP contribution in [0.2, 0.25) is 0 Å². The maximum Gasteiger partial charge on any atom is 0.292 e. The molecule has 20 heavy (non-hydrogen) atoms. The van der Waals surface area contributed by atoms with Crippen molar-refractivity contribution in [3.8, 4) is 0 Å². The maximum atomic E-state index is 13.4. The summed E-state index contributed by atoms with van der Waals surface area (Å²) in [5.74, 6) is -0.434. The molecule has 2 aliphatic rings. The van der Waals surface area contributed by atoms with Crippen molar-refractivity contribution < 1.29 is 9.31 Å². The fourth-order valence-corrected chi connectivity index (χ4v) is 2.76. The zero-order valence-corrected chi connectivity index (χ0v) is 11.1. The molecule has 2 saturated heterocycles. The van der Waals surface area contributed by atoms with Crippen LogP contribution in [0.1, 0.15) is 0 Å². The highest BCUT2D eigenvalue weighted by molar-refractivity contribution is 5.63. The normalized spacial score (nSPS) is 20.8. The van der Waals surface area contributed by atoms with E-state index in [1.165, 1.54) is 12.1 Å². The largest absolute Gasteiger partial charge is 0.363 e. The van der Waals surface area contributed by atoms with Gasteiger partial charge in [0.25, 0.3) is 5.69 Å². The van der Waals surface area contributed by atoms with E-state index in [0.29, 0.717) is 24.8 Å². The van der Waals surface area contributed by atoms with E-state index in [4.69, 9.17) is 0 Å². The summed E-state index contributed by atoms with van der Waals surface area (Å²) in [5.41, 5.74) is 0.367. The van der Waals surface area contributed by atoms with Gasteiger partial charge in [0.05, 0.1) is 4.92 Å². The molecular formula is C13H17FN4O2. The molecule has 0 aromatic heterocycles. The zero-order chi connectivity index (χ0) is 14.1. The van der Waals surface area contributed by atoms with Gasteiger partial charge >= 0.3 is 0 Å². The van der Waals surface area contributed by atoms with Crippen LogP contribution in [-0.4, -0.2) is 55.1 Å². The first-order valence-electron chi connectivity index (χ1n) is 6.79. The maximum absolute atomic E-state index is 13.4. The summed E-state index contributed by atoms with van der Waals surface area (Å²) in [7, 11) is 0. The highest BCUT2D eigenvalue weighted by atomic mass is 19.1. The molecule has 108 valence electrons. The number of nitrogens with one attached hydrogen (secondary N) is 1. The molecule has 1 N–H and O–H groups in total. The number of nitrogens with zero attached hydrogens (tertiary/aromatic N) is 3. The zero-order valence-electron chi connectivity index (χ0n) is 11.1. The Labute approximate surface area is 116 Å². The van der Waals surface area contributed by atoms with Crippen molar-refractivity contribution in [2.45, 2.75) is 6.04 Å². The molecule has 1 aromatic rings. The van der Waals surface area contributed by atoms with E-state index < -0.39 is 10.7 Å². The molecule has 0 saturated carbocycles. The van der Waals surface area contributed by atoms with Gasteiger partial charge in [-0.25, -0.2) is 4.39 Å². The first-order valence-corrected chi connectivity index (χ1v) is 6.79. The summed E-state index contributed by atoms with van der Waals surface area (Å²) in [6.45, 7) is 5.14. The number of halogens is 1. The van der Waals surface area contributed by atoms with Gasteiger partial charge in [0.1, 0.15) is 11.5 Å². The first-order chi connectivity index (χ1) is 9.65. The Morgan fingerprint density at radius 2 is 1.95 bits per heavy atom. The van der Waals surface area contributed by atoms with Crippen LogP contribution < -0.4 is 10.2 Å². The summed E-state index contributed by atoms with van der Waals surface area (Å²) in [6.07, 6.45) is 0. The molecule has 3 rings (SSSR count).